The molecule has 0 unspecified atom stereocenters. The van der Waals surface area contributed by atoms with Crippen molar-refractivity contribution in [3.63, 3.8) is 0 Å². The van der Waals surface area contributed by atoms with Gasteiger partial charge in [0.1, 0.15) is 5.56 Å². The number of hydrogen-bond donors (Lipinski definition) is 1. The van der Waals surface area contributed by atoms with Crippen molar-refractivity contribution in [1.82, 2.24) is 9.47 Å². The second-order valence-electron chi connectivity index (χ2n) is 8.22. The fourth-order valence-corrected chi connectivity index (χ4v) is 4.05. The third-order valence-corrected chi connectivity index (χ3v) is 6.09. The molecule has 1 aromatic carbocycles. The Balaban J connectivity index is 1.53. The van der Waals surface area contributed by atoms with Crippen molar-refractivity contribution in [3.05, 3.63) is 69.1 Å². The molecule has 1 saturated carbocycles. The molecular weight excluding hydrogens is 397 g/mol. The lowest BCUT2D eigenvalue weighted by Crippen LogP contribution is -2.47. The second kappa shape index (κ2) is 7.27. The molecule has 2 aromatic rings. The molecule has 0 bridgehead atoms. The summed E-state index contributed by atoms with van der Waals surface area (Å²) in [7, 11) is 0. The lowest BCUT2D eigenvalue weighted by Gasteiger charge is -2.38. The zero-order valence-electron chi connectivity index (χ0n) is 16.6. The first-order valence-electron chi connectivity index (χ1n) is 10.0. The lowest BCUT2D eigenvalue weighted by atomic mass is 9.83. The summed E-state index contributed by atoms with van der Waals surface area (Å²) in [5.41, 5.74) is -1.64. The van der Waals surface area contributed by atoms with Crippen LogP contribution in [0.25, 0.3) is 0 Å². The summed E-state index contributed by atoms with van der Waals surface area (Å²) in [6, 6.07) is 6.60. The van der Waals surface area contributed by atoms with Crippen LogP contribution < -0.4 is 5.56 Å². The van der Waals surface area contributed by atoms with Crippen LogP contribution in [0.4, 0.5) is 13.2 Å². The number of aliphatic hydroxyl groups is 1. The van der Waals surface area contributed by atoms with Crippen molar-refractivity contribution >= 4 is 5.91 Å². The molecule has 1 aliphatic heterocycles. The van der Waals surface area contributed by atoms with Crippen LogP contribution in [0.15, 0.2) is 41.3 Å². The SMILES string of the molecule is Cc1ccn(C2CC2)c(=O)c1C(=O)N1CCC(O)(c2cccc(C(F)(F)F)c2)CC1. The van der Waals surface area contributed by atoms with Crippen LogP contribution >= 0.6 is 0 Å². The Hall–Kier alpha value is -2.61. The number of aryl methyl sites for hydroxylation is 1. The smallest absolute Gasteiger partial charge is 0.385 e. The molecule has 2 fully saturated rings. The number of pyridine rings is 1. The maximum Gasteiger partial charge on any atom is 0.416 e. The molecule has 8 heteroatoms. The molecule has 1 amide bonds. The standard InChI is InChI=1S/C22H23F3N2O3/c1-14-7-10-27(17-5-6-17)20(29)18(14)19(28)26-11-8-21(30,9-12-26)15-3-2-4-16(13-15)22(23,24)25/h2-4,7,10,13,17,30H,5-6,8-9,11-12H2,1H3. The van der Waals surface area contributed by atoms with E-state index in [1.165, 1.54) is 17.0 Å². The first-order chi connectivity index (χ1) is 14.1. The van der Waals surface area contributed by atoms with Crippen LogP contribution in [0.5, 0.6) is 0 Å². The van der Waals surface area contributed by atoms with Crippen LogP contribution in [0.3, 0.4) is 0 Å². The van der Waals surface area contributed by atoms with Gasteiger partial charge in [0.2, 0.25) is 0 Å². The first-order valence-corrected chi connectivity index (χ1v) is 10.0. The van der Waals surface area contributed by atoms with Gasteiger partial charge in [-0.15, -0.1) is 0 Å². The molecule has 0 atom stereocenters. The fourth-order valence-electron chi connectivity index (χ4n) is 4.05. The van der Waals surface area contributed by atoms with Gasteiger partial charge in [0.05, 0.1) is 11.2 Å². The third-order valence-electron chi connectivity index (χ3n) is 6.09. The highest BCUT2D eigenvalue weighted by Gasteiger charge is 2.39. The Morgan fingerprint density at radius 2 is 1.83 bits per heavy atom. The van der Waals surface area contributed by atoms with Gasteiger partial charge in [-0.25, -0.2) is 0 Å². The van der Waals surface area contributed by atoms with Crippen molar-refractivity contribution < 1.29 is 23.1 Å². The fraction of sp³-hybridized carbons (Fsp3) is 0.455. The van der Waals surface area contributed by atoms with E-state index >= 15 is 0 Å². The van der Waals surface area contributed by atoms with Gasteiger partial charge in [-0.3, -0.25) is 9.59 Å². The van der Waals surface area contributed by atoms with E-state index in [-0.39, 0.29) is 48.7 Å². The van der Waals surface area contributed by atoms with E-state index in [2.05, 4.69) is 0 Å². The molecule has 30 heavy (non-hydrogen) atoms. The number of nitrogens with zero attached hydrogens (tertiary/aromatic N) is 2. The average molecular weight is 420 g/mol. The van der Waals surface area contributed by atoms with Gasteiger partial charge < -0.3 is 14.6 Å². The zero-order valence-corrected chi connectivity index (χ0v) is 16.6. The number of likely N-dealkylation sites (tertiary alicyclic amines) is 1. The van der Waals surface area contributed by atoms with Crippen LogP contribution in [0.2, 0.25) is 0 Å². The summed E-state index contributed by atoms with van der Waals surface area (Å²) < 4.78 is 40.7. The largest absolute Gasteiger partial charge is 0.416 e. The number of hydrogen-bond acceptors (Lipinski definition) is 3. The molecule has 1 aromatic heterocycles. The average Bonchev–Trinajstić information content (AvgIpc) is 3.53. The highest BCUT2D eigenvalue weighted by molar-refractivity contribution is 5.95. The van der Waals surface area contributed by atoms with Crippen LogP contribution in [0, 0.1) is 6.92 Å². The molecule has 4 rings (SSSR count). The van der Waals surface area contributed by atoms with Crippen LogP contribution in [0.1, 0.15) is 58.8 Å². The van der Waals surface area contributed by atoms with E-state index in [1.54, 1.807) is 23.8 Å². The highest BCUT2D eigenvalue weighted by Crippen LogP contribution is 2.37. The predicted octanol–water partition coefficient (Wildman–Crippen LogP) is 3.63. The van der Waals surface area contributed by atoms with Crippen molar-refractivity contribution in [3.8, 4) is 0 Å². The van der Waals surface area contributed by atoms with Gasteiger partial charge in [-0.05, 0) is 61.9 Å². The monoisotopic (exact) mass is 420 g/mol. The van der Waals surface area contributed by atoms with Gasteiger partial charge in [0.15, 0.2) is 0 Å². The quantitative estimate of drug-likeness (QED) is 0.825. The summed E-state index contributed by atoms with van der Waals surface area (Å²) in [5.74, 6) is -0.390. The highest BCUT2D eigenvalue weighted by atomic mass is 19.4. The Morgan fingerprint density at radius 1 is 1.17 bits per heavy atom. The van der Waals surface area contributed by atoms with E-state index in [0.29, 0.717) is 5.56 Å². The Kier molecular flexibility index (Phi) is 5.00. The van der Waals surface area contributed by atoms with Crippen molar-refractivity contribution in [2.24, 2.45) is 0 Å². The van der Waals surface area contributed by atoms with Crippen molar-refractivity contribution in [2.45, 2.75) is 50.4 Å². The number of rotatable bonds is 3. The molecular formula is C22H23F3N2O3. The Morgan fingerprint density at radius 3 is 2.43 bits per heavy atom. The molecule has 5 nitrogen and oxygen atoms in total. The number of halogens is 3. The van der Waals surface area contributed by atoms with Gasteiger partial charge in [-0.1, -0.05) is 12.1 Å². The van der Waals surface area contributed by atoms with Crippen LogP contribution in [-0.4, -0.2) is 33.6 Å². The number of carbonyl (C=O) groups excluding carboxylic acids is 1. The summed E-state index contributed by atoms with van der Waals surface area (Å²) in [6.45, 7) is 2.03. The molecule has 1 saturated heterocycles. The lowest BCUT2D eigenvalue weighted by molar-refractivity contribution is -0.137. The molecule has 160 valence electrons. The minimum atomic E-state index is -4.49. The van der Waals surface area contributed by atoms with E-state index in [0.717, 1.165) is 25.0 Å². The van der Waals surface area contributed by atoms with Gasteiger partial charge in [0, 0.05) is 25.3 Å². The summed E-state index contributed by atoms with van der Waals surface area (Å²) in [4.78, 5) is 27.4. The topological polar surface area (TPSA) is 62.5 Å². The normalized spacial score (nSPS) is 19.0. The van der Waals surface area contributed by atoms with E-state index in [1.807, 2.05) is 0 Å². The number of benzene rings is 1. The molecule has 0 spiro atoms. The van der Waals surface area contributed by atoms with E-state index in [9.17, 15) is 27.9 Å². The van der Waals surface area contributed by atoms with Crippen molar-refractivity contribution in [1.29, 1.82) is 0 Å². The maximum atomic E-state index is 13.1. The molecule has 1 N–H and O–H groups in total. The number of aromatic nitrogens is 1. The van der Waals surface area contributed by atoms with Crippen LogP contribution in [-0.2, 0) is 11.8 Å². The maximum absolute atomic E-state index is 13.1. The first kappa shape index (κ1) is 20.7. The van der Waals surface area contributed by atoms with Gasteiger partial charge in [0.25, 0.3) is 11.5 Å². The molecule has 0 radical (unpaired) electrons. The summed E-state index contributed by atoms with van der Waals surface area (Å²) in [6.07, 6.45) is -0.732. The number of amides is 1. The van der Waals surface area contributed by atoms with E-state index in [4.69, 9.17) is 0 Å². The number of carbonyl (C=O) groups is 1. The minimum Gasteiger partial charge on any atom is -0.385 e. The van der Waals surface area contributed by atoms with E-state index < -0.39 is 23.2 Å². The third kappa shape index (κ3) is 3.76. The minimum absolute atomic E-state index is 0.0999. The Bertz CT molecular complexity index is 1030. The van der Waals surface area contributed by atoms with Crippen molar-refractivity contribution in [2.75, 3.05) is 13.1 Å². The molecule has 1 aliphatic carbocycles. The summed E-state index contributed by atoms with van der Waals surface area (Å²) >= 11 is 0. The van der Waals surface area contributed by atoms with Gasteiger partial charge >= 0.3 is 6.18 Å². The predicted molar refractivity (Wildman–Crippen MR) is 104 cm³/mol. The summed E-state index contributed by atoms with van der Waals surface area (Å²) in [5, 5.41) is 11.0. The second-order valence-corrected chi connectivity index (χ2v) is 8.22. The zero-order chi connectivity index (χ0) is 21.7. The molecule has 2 heterocycles. The number of alkyl halides is 3. The Labute approximate surface area is 171 Å². The number of piperidine rings is 1. The van der Waals surface area contributed by atoms with Gasteiger partial charge in [-0.2, -0.15) is 13.2 Å². The molecule has 2 aliphatic rings.